The van der Waals surface area contributed by atoms with Crippen molar-refractivity contribution < 1.29 is 9.53 Å². The highest BCUT2D eigenvalue weighted by atomic mass is 16.5. The molecule has 1 aliphatic carbocycles. The van der Waals surface area contributed by atoms with Gasteiger partial charge in [0, 0.05) is 0 Å². The van der Waals surface area contributed by atoms with Crippen molar-refractivity contribution in [3.63, 3.8) is 0 Å². The van der Waals surface area contributed by atoms with Crippen LogP contribution in [0.4, 0.5) is 0 Å². The minimum atomic E-state index is -0.0709. The summed E-state index contributed by atoms with van der Waals surface area (Å²) in [4.78, 5) is 13.6. The van der Waals surface area contributed by atoms with Crippen molar-refractivity contribution in [1.82, 2.24) is 4.90 Å². The van der Waals surface area contributed by atoms with Crippen LogP contribution in [0.15, 0.2) is 0 Å². The molecule has 1 fully saturated rings. The average Bonchev–Trinajstić information content (AvgIpc) is 2.89. The Morgan fingerprint density at radius 1 is 1.62 bits per heavy atom. The number of esters is 1. The van der Waals surface area contributed by atoms with Gasteiger partial charge in [-0.2, -0.15) is 0 Å². The van der Waals surface area contributed by atoms with Crippen LogP contribution in [0.2, 0.25) is 0 Å². The molecule has 1 aliphatic rings. The predicted molar refractivity (Wildman–Crippen MR) is 51.4 cm³/mol. The Bertz CT molecular complexity index is 178. The van der Waals surface area contributed by atoms with Crippen LogP contribution in [0, 0.1) is 5.92 Å². The number of hydrogen-bond acceptors (Lipinski definition) is 3. The summed E-state index contributed by atoms with van der Waals surface area (Å²) < 4.78 is 4.80. The summed E-state index contributed by atoms with van der Waals surface area (Å²) in [5.74, 6) is 0.474. The van der Waals surface area contributed by atoms with Crippen molar-refractivity contribution in [2.24, 2.45) is 5.92 Å². The molecule has 0 aromatic carbocycles. The number of likely N-dealkylation sites (N-methyl/N-ethyl adjacent to an activating group) is 1. The van der Waals surface area contributed by atoms with E-state index < -0.39 is 0 Å². The monoisotopic (exact) mass is 185 g/mol. The number of nitrogens with zero attached hydrogens (tertiary/aromatic N) is 1. The van der Waals surface area contributed by atoms with Gasteiger partial charge < -0.3 is 4.74 Å². The molecule has 76 valence electrons. The summed E-state index contributed by atoms with van der Waals surface area (Å²) in [7, 11) is 3.47. The lowest BCUT2D eigenvalue weighted by Gasteiger charge is -2.25. The Hall–Kier alpha value is -0.570. The average molecular weight is 185 g/mol. The van der Waals surface area contributed by atoms with Crippen LogP contribution in [0.25, 0.3) is 0 Å². The molecule has 0 spiro atoms. The molecule has 1 rings (SSSR count). The van der Waals surface area contributed by atoms with E-state index in [1.807, 2.05) is 7.05 Å². The van der Waals surface area contributed by atoms with Gasteiger partial charge in [-0.05, 0) is 38.8 Å². The Morgan fingerprint density at radius 3 is 2.62 bits per heavy atom. The van der Waals surface area contributed by atoms with E-state index in [2.05, 4.69) is 11.8 Å². The number of carbonyl (C=O) groups excluding carboxylic acids is 1. The van der Waals surface area contributed by atoms with Crippen molar-refractivity contribution in [2.45, 2.75) is 32.2 Å². The van der Waals surface area contributed by atoms with Crippen LogP contribution in [-0.2, 0) is 9.53 Å². The lowest BCUT2D eigenvalue weighted by Crippen LogP contribution is -2.41. The molecule has 0 saturated heterocycles. The maximum atomic E-state index is 11.4. The van der Waals surface area contributed by atoms with E-state index in [4.69, 9.17) is 4.74 Å². The first-order valence-corrected chi connectivity index (χ1v) is 4.98. The summed E-state index contributed by atoms with van der Waals surface area (Å²) in [5.41, 5.74) is 0. The van der Waals surface area contributed by atoms with Gasteiger partial charge in [0.25, 0.3) is 0 Å². The third-order valence-electron chi connectivity index (χ3n) is 2.56. The van der Waals surface area contributed by atoms with E-state index in [9.17, 15) is 4.79 Å². The SMILES string of the molecule is CCCN(C)C(C(=O)OC)C1CC1. The minimum Gasteiger partial charge on any atom is -0.468 e. The molecule has 3 nitrogen and oxygen atoms in total. The van der Waals surface area contributed by atoms with Gasteiger partial charge in [0.2, 0.25) is 0 Å². The highest BCUT2D eigenvalue weighted by Crippen LogP contribution is 2.35. The Morgan fingerprint density at radius 2 is 2.23 bits per heavy atom. The Balaban J connectivity index is 2.50. The Kier molecular flexibility index (Phi) is 3.72. The fourth-order valence-electron chi connectivity index (χ4n) is 1.76. The van der Waals surface area contributed by atoms with E-state index >= 15 is 0 Å². The van der Waals surface area contributed by atoms with E-state index in [1.54, 1.807) is 0 Å². The molecule has 1 saturated carbocycles. The third kappa shape index (κ3) is 2.69. The van der Waals surface area contributed by atoms with Crippen LogP contribution in [0.1, 0.15) is 26.2 Å². The number of rotatable bonds is 5. The van der Waals surface area contributed by atoms with Crippen molar-refractivity contribution in [3.8, 4) is 0 Å². The van der Waals surface area contributed by atoms with Crippen molar-refractivity contribution in [1.29, 1.82) is 0 Å². The second kappa shape index (κ2) is 4.61. The normalized spacial score (nSPS) is 18.8. The van der Waals surface area contributed by atoms with Gasteiger partial charge in [0.05, 0.1) is 7.11 Å². The van der Waals surface area contributed by atoms with Crippen molar-refractivity contribution >= 4 is 5.97 Å². The number of ether oxygens (including phenoxy) is 1. The Labute approximate surface area is 80.1 Å². The lowest BCUT2D eigenvalue weighted by molar-refractivity contribution is -0.147. The standard InChI is InChI=1S/C10H19NO2/c1-4-7-11(2)9(8-5-6-8)10(12)13-3/h8-9H,4-7H2,1-3H3. The molecule has 0 N–H and O–H groups in total. The lowest BCUT2D eigenvalue weighted by atomic mass is 10.1. The van der Waals surface area contributed by atoms with Crippen LogP contribution in [-0.4, -0.2) is 37.6 Å². The van der Waals surface area contributed by atoms with Crippen LogP contribution < -0.4 is 0 Å². The van der Waals surface area contributed by atoms with Gasteiger partial charge in [0.1, 0.15) is 6.04 Å². The first-order valence-electron chi connectivity index (χ1n) is 4.98. The molecule has 0 heterocycles. The molecular weight excluding hydrogens is 166 g/mol. The largest absolute Gasteiger partial charge is 0.468 e. The van der Waals surface area contributed by atoms with Crippen LogP contribution in [0.3, 0.4) is 0 Å². The second-order valence-corrected chi connectivity index (χ2v) is 3.79. The summed E-state index contributed by atoms with van der Waals surface area (Å²) >= 11 is 0. The zero-order chi connectivity index (χ0) is 9.84. The van der Waals surface area contributed by atoms with Gasteiger partial charge in [-0.15, -0.1) is 0 Å². The molecule has 13 heavy (non-hydrogen) atoms. The van der Waals surface area contributed by atoms with E-state index in [-0.39, 0.29) is 12.0 Å². The quantitative estimate of drug-likeness (QED) is 0.604. The predicted octanol–water partition coefficient (Wildman–Crippen LogP) is 1.28. The molecule has 1 unspecified atom stereocenters. The van der Waals surface area contributed by atoms with E-state index in [1.165, 1.54) is 20.0 Å². The summed E-state index contributed by atoms with van der Waals surface area (Å²) in [6.45, 7) is 3.09. The maximum absolute atomic E-state index is 11.4. The molecule has 0 aromatic heterocycles. The third-order valence-corrected chi connectivity index (χ3v) is 2.56. The van der Waals surface area contributed by atoms with Gasteiger partial charge >= 0.3 is 5.97 Å². The van der Waals surface area contributed by atoms with Gasteiger partial charge in [-0.3, -0.25) is 9.69 Å². The van der Waals surface area contributed by atoms with Crippen molar-refractivity contribution in [2.75, 3.05) is 20.7 Å². The van der Waals surface area contributed by atoms with Crippen LogP contribution in [0.5, 0.6) is 0 Å². The van der Waals surface area contributed by atoms with Crippen LogP contribution >= 0.6 is 0 Å². The highest BCUT2D eigenvalue weighted by Gasteiger charge is 2.39. The molecule has 0 bridgehead atoms. The zero-order valence-corrected chi connectivity index (χ0v) is 8.75. The van der Waals surface area contributed by atoms with Crippen molar-refractivity contribution in [3.05, 3.63) is 0 Å². The topological polar surface area (TPSA) is 29.5 Å². The molecule has 0 aliphatic heterocycles. The second-order valence-electron chi connectivity index (χ2n) is 3.79. The molecule has 0 radical (unpaired) electrons. The number of carbonyl (C=O) groups is 1. The smallest absolute Gasteiger partial charge is 0.323 e. The molecular formula is C10H19NO2. The van der Waals surface area contributed by atoms with Gasteiger partial charge in [-0.25, -0.2) is 0 Å². The molecule has 0 amide bonds. The first kappa shape index (κ1) is 10.5. The van der Waals surface area contributed by atoms with E-state index in [0.29, 0.717) is 5.92 Å². The summed E-state index contributed by atoms with van der Waals surface area (Å²) in [6, 6.07) is 0.00458. The number of methoxy groups -OCH3 is 1. The number of hydrogen-bond donors (Lipinski definition) is 0. The minimum absolute atomic E-state index is 0.00458. The fourth-order valence-corrected chi connectivity index (χ4v) is 1.76. The molecule has 3 heteroatoms. The zero-order valence-electron chi connectivity index (χ0n) is 8.75. The van der Waals surface area contributed by atoms with E-state index in [0.717, 1.165) is 13.0 Å². The van der Waals surface area contributed by atoms with Gasteiger partial charge in [-0.1, -0.05) is 6.92 Å². The fraction of sp³-hybridized carbons (Fsp3) is 0.900. The van der Waals surface area contributed by atoms with Gasteiger partial charge in [0.15, 0.2) is 0 Å². The maximum Gasteiger partial charge on any atom is 0.323 e. The summed E-state index contributed by atoms with van der Waals surface area (Å²) in [5, 5.41) is 0. The molecule has 0 aromatic rings. The first-order chi connectivity index (χ1) is 6.20. The molecule has 1 atom stereocenters. The summed E-state index contributed by atoms with van der Waals surface area (Å²) in [6.07, 6.45) is 3.43. The highest BCUT2D eigenvalue weighted by molar-refractivity contribution is 5.76.